The highest BCUT2D eigenvalue weighted by atomic mass is 35.5. The summed E-state index contributed by atoms with van der Waals surface area (Å²) in [7, 11) is 0. The van der Waals surface area contributed by atoms with Gasteiger partial charge in [0.2, 0.25) is 0 Å². The predicted molar refractivity (Wildman–Crippen MR) is 62.8 cm³/mol. The molecule has 0 atom stereocenters. The number of carboxylic acid groups (broad SMARTS) is 1. The predicted octanol–water partition coefficient (Wildman–Crippen LogP) is 1.51. The normalized spacial score (nSPS) is 10.3. The molecular weight excluding hydrogens is 258 g/mol. The Morgan fingerprint density at radius 2 is 2.06 bits per heavy atom. The minimum Gasteiger partial charge on any atom is -0.476 e. The van der Waals surface area contributed by atoms with Gasteiger partial charge in [-0.25, -0.2) is 9.48 Å². The number of nitrogens with zero attached hydrogens (tertiary/aromatic N) is 3. The molecule has 0 saturated carbocycles. The quantitative estimate of drug-likeness (QED) is 0.847. The van der Waals surface area contributed by atoms with Crippen LogP contribution in [0, 0.1) is 0 Å². The second-order valence-electron chi connectivity index (χ2n) is 3.51. The Morgan fingerprint density at radius 3 is 2.67 bits per heavy atom. The first kappa shape index (κ1) is 12.3. The number of carboxylic acids is 1. The third kappa shape index (κ3) is 2.54. The van der Waals surface area contributed by atoms with Crippen molar-refractivity contribution in [3.63, 3.8) is 0 Å². The van der Waals surface area contributed by atoms with E-state index in [1.807, 2.05) is 0 Å². The molecule has 0 radical (unpaired) electrons. The molecule has 7 heteroatoms. The number of hydrogen-bond acceptors (Lipinski definition) is 4. The number of benzene rings is 1. The van der Waals surface area contributed by atoms with Crippen molar-refractivity contribution < 1.29 is 14.7 Å². The van der Waals surface area contributed by atoms with Crippen molar-refractivity contribution in [1.82, 2.24) is 15.0 Å². The van der Waals surface area contributed by atoms with Gasteiger partial charge in [0.25, 0.3) is 0 Å². The minimum absolute atomic E-state index is 0.107. The summed E-state index contributed by atoms with van der Waals surface area (Å²) in [5.41, 5.74) is 0.161. The lowest BCUT2D eigenvalue weighted by atomic mass is 10.1. The molecule has 92 valence electrons. The van der Waals surface area contributed by atoms with Gasteiger partial charge in [0, 0.05) is 5.56 Å². The molecule has 0 fully saturated rings. The summed E-state index contributed by atoms with van der Waals surface area (Å²) in [5.74, 6) is -1.45. The summed E-state index contributed by atoms with van der Waals surface area (Å²) in [6, 6.07) is 6.62. The number of ketones is 1. The van der Waals surface area contributed by atoms with E-state index >= 15 is 0 Å². The lowest BCUT2D eigenvalue weighted by Gasteiger charge is -2.02. The van der Waals surface area contributed by atoms with Gasteiger partial charge in [-0.1, -0.05) is 28.9 Å². The van der Waals surface area contributed by atoms with Crippen LogP contribution in [0.1, 0.15) is 20.8 Å². The largest absolute Gasteiger partial charge is 0.476 e. The van der Waals surface area contributed by atoms with Crippen LogP contribution >= 0.6 is 11.6 Å². The van der Waals surface area contributed by atoms with Crippen molar-refractivity contribution in [1.29, 1.82) is 0 Å². The van der Waals surface area contributed by atoms with E-state index in [2.05, 4.69) is 10.3 Å². The molecule has 2 rings (SSSR count). The third-order valence-corrected chi connectivity index (χ3v) is 2.57. The molecule has 1 N–H and O–H groups in total. The van der Waals surface area contributed by atoms with E-state index in [0.29, 0.717) is 10.6 Å². The van der Waals surface area contributed by atoms with Gasteiger partial charge in [0.05, 0.1) is 11.2 Å². The van der Waals surface area contributed by atoms with E-state index in [4.69, 9.17) is 16.7 Å². The molecule has 1 heterocycles. The van der Waals surface area contributed by atoms with E-state index in [0.717, 1.165) is 4.68 Å². The van der Waals surface area contributed by atoms with Gasteiger partial charge in [-0.2, -0.15) is 0 Å². The van der Waals surface area contributed by atoms with E-state index in [1.165, 1.54) is 6.20 Å². The number of aromatic nitrogens is 3. The van der Waals surface area contributed by atoms with Gasteiger partial charge in [0.15, 0.2) is 11.5 Å². The average Bonchev–Trinajstić information content (AvgIpc) is 2.78. The van der Waals surface area contributed by atoms with E-state index in [-0.39, 0.29) is 18.0 Å². The second kappa shape index (κ2) is 4.97. The van der Waals surface area contributed by atoms with Crippen molar-refractivity contribution in [3.05, 3.63) is 46.7 Å². The van der Waals surface area contributed by atoms with Gasteiger partial charge >= 0.3 is 5.97 Å². The number of rotatable bonds is 4. The SMILES string of the molecule is O=C(O)c1cn(CC(=O)c2ccccc2Cl)nn1. The fourth-order valence-corrected chi connectivity index (χ4v) is 1.63. The van der Waals surface area contributed by atoms with Crippen LogP contribution in [0.15, 0.2) is 30.5 Å². The molecule has 0 bridgehead atoms. The minimum atomic E-state index is -1.19. The van der Waals surface area contributed by atoms with Gasteiger partial charge < -0.3 is 5.11 Å². The summed E-state index contributed by atoms with van der Waals surface area (Å²) in [6.07, 6.45) is 1.19. The topological polar surface area (TPSA) is 85.1 Å². The summed E-state index contributed by atoms with van der Waals surface area (Å²) >= 11 is 5.88. The zero-order valence-corrected chi connectivity index (χ0v) is 9.83. The summed E-state index contributed by atoms with van der Waals surface area (Å²) in [6.45, 7) is -0.107. The molecule has 1 aromatic carbocycles. The van der Waals surface area contributed by atoms with Crippen molar-refractivity contribution in [3.8, 4) is 0 Å². The molecule has 0 amide bonds. The van der Waals surface area contributed by atoms with Gasteiger partial charge in [-0.3, -0.25) is 4.79 Å². The lowest BCUT2D eigenvalue weighted by molar-refractivity contribution is 0.0690. The Labute approximate surface area is 107 Å². The summed E-state index contributed by atoms with van der Waals surface area (Å²) in [4.78, 5) is 22.5. The number of Topliss-reactive ketones (excluding diaryl/α,β-unsaturated/α-hetero) is 1. The Hall–Kier alpha value is -2.21. The smallest absolute Gasteiger partial charge is 0.358 e. The zero-order valence-electron chi connectivity index (χ0n) is 9.08. The van der Waals surface area contributed by atoms with Crippen LogP contribution in [0.5, 0.6) is 0 Å². The first-order valence-electron chi connectivity index (χ1n) is 4.99. The number of carbonyl (C=O) groups is 2. The Kier molecular flexibility index (Phi) is 3.38. The van der Waals surface area contributed by atoms with Crippen LogP contribution in [-0.4, -0.2) is 31.9 Å². The molecule has 2 aromatic rings. The van der Waals surface area contributed by atoms with E-state index in [1.54, 1.807) is 24.3 Å². The van der Waals surface area contributed by atoms with Crippen LogP contribution in [0.4, 0.5) is 0 Å². The fourth-order valence-electron chi connectivity index (χ4n) is 1.39. The molecule has 0 aliphatic rings. The van der Waals surface area contributed by atoms with Crippen LogP contribution in [-0.2, 0) is 6.54 Å². The monoisotopic (exact) mass is 265 g/mol. The van der Waals surface area contributed by atoms with Crippen molar-refractivity contribution in [2.45, 2.75) is 6.54 Å². The van der Waals surface area contributed by atoms with Crippen LogP contribution < -0.4 is 0 Å². The molecule has 0 saturated heterocycles. The average molecular weight is 266 g/mol. The van der Waals surface area contributed by atoms with E-state index < -0.39 is 5.97 Å². The first-order chi connectivity index (χ1) is 8.58. The third-order valence-electron chi connectivity index (χ3n) is 2.24. The molecular formula is C11H8ClN3O3. The molecule has 0 aliphatic carbocycles. The number of halogens is 1. The van der Waals surface area contributed by atoms with Crippen LogP contribution in [0.25, 0.3) is 0 Å². The lowest BCUT2D eigenvalue weighted by Crippen LogP contribution is -2.11. The molecule has 1 aromatic heterocycles. The highest BCUT2D eigenvalue weighted by molar-refractivity contribution is 6.33. The van der Waals surface area contributed by atoms with Crippen molar-refractivity contribution in [2.24, 2.45) is 0 Å². The number of carbonyl (C=O) groups excluding carboxylic acids is 1. The second-order valence-corrected chi connectivity index (χ2v) is 3.92. The molecule has 6 nitrogen and oxygen atoms in total. The number of hydrogen-bond donors (Lipinski definition) is 1. The van der Waals surface area contributed by atoms with Crippen LogP contribution in [0.3, 0.4) is 0 Å². The maximum atomic E-state index is 11.9. The number of aromatic carboxylic acids is 1. The highest BCUT2D eigenvalue weighted by Gasteiger charge is 2.13. The molecule has 18 heavy (non-hydrogen) atoms. The van der Waals surface area contributed by atoms with Crippen LogP contribution in [0.2, 0.25) is 5.02 Å². The maximum Gasteiger partial charge on any atom is 0.358 e. The highest BCUT2D eigenvalue weighted by Crippen LogP contribution is 2.15. The molecule has 0 spiro atoms. The Bertz CT molecular complexity index is 609. The van der Waals surface area contributed by atoms with Gasteiger partial charge in [-0.15, -0.1) is 5.10 Å². The summed E-state index contributed by atoms with van der Waals surface area (Å²) in [5, 5.41) is 16.0. The fraction of sp³-hybridized carbons (Fsp3) is 0.0909. The van der Waals surface area contributed by atoms with Crippen molar-refractivity contribution in [2.75, 3.05) is 0 Å². The Morgan fingerprint density at radius 1 is 1.33 bits per heavy atom. The summed E-state index contributed by atoms with van der Waals surface area (Å²) < 4.78 is 1.16. The molecule has 0 unspecified atom stereocenters. The first-order valence-corrected chi connectivity index (χ1v) is 5.37. The van der Waals surface area contributed by atoms with Gasteiger partial charge in [-0.05, 0) is 12.1 Å². The molecule has 0 aliphatic heterocycles. The maximum absolute atomic E-state index is 11.9. The van der Waals surface area contributed by atoms with E-state index in [9.17, 15) is 9.59 Å². The van der Waals surface area contributed by atoms with Crippen molar-refractivity contribution >= 4 is 23.4 Å². The Balaban J connectivity index is 2.16. The zero-order chi connectivity index (χ0) is 13.1. The standard InChI is InChI=1S/C11H8ClN3O3/c12-8-4-2-1-3-7(8)10(16)6-15-5-9(11(17)18)13-14-15/h1-5H,6H2,(H,17,18). The van der Waals surface area contributed by atoms with Gasteiger partial charge in [0.1, 0.15) is 6.54 Å².